The van der Waals surface area contributed by atoms with Gasteiger partial charge in [-0.25, -0.2) is 0 Å². The minimum absolute atomic E-state index is 0.174. The van der Waals surface area contributed by atoms with Crippen molar-refractivity contribution in [1.82, 2.24) is 0 Å². The van der Waals surface area contributed by atoms with Gasteiger partial charge in [0.25, 0.3) is 0 Å². The van der Waals surface area contributed by atoms with Gasteiger partial charge in [-0.3, -0.25) is 0 Å². The van der Waals surface area contributed by atoms with Crippen LogP contribution >= 0.6 is 7.26 Å². The van der Waals surface area contributed by atoms with E-state index in [1.54, 1.807) is 0 Å². The number of hydrogen-bond acceptors (Lipinski definition) is 0. The van der Waals surface area contributed by atoms with E-state index >= 15 is 0 Å². The second kappa shape index (κ2) is 2.67. The van der Waals surface area contributed by atoms with E-state index in [0.29, 0.717) is 0 Å². The summed E-state index contributed by atoms with van der Waals surface area (Å²) in [7, 11) is -0.829. The third-order valence-electron chi connectivity index (χ3n) is 1.51. The van der Waals surface area contributed by atoms with E-state index < -0.39 is 7.26 Å². The van der Waals surface area contributed by atoms with Crippen LogP contribution in [0.2, 0.25) is 0 Å². The third kappa shape index (κ3) is 3.05. The van der Waals surface area contributed by atoms with Crippen LogP contribution in [-0.4, -0.2) is 25.6 Å². The van der Waals surface area contributed by atoms with Crippen molar-refractivity contribution in [3.63, 3.8) is 0 Å². The molecule has 0 heterocycles. The van der Waals surface area contributed by atoms with Crippen molar-refractivity contribution in [2.75, 3.05) is 25.6 Å². The van der Waals surface area contributed by atoms with E-state index in [4.69, 9.17) is 1.37 Å². The molecule has 0 aromatic rings. The van der Waals surface area contributed by atoms with Crippen molar-refractivity contribution < 1.29 is 1.37 Å². The van der Waals surface area contributed by atoms with E-state index in [2.05, 4.69) is 20.3 Å². The molecular weight excluding hydrogens is 103 g/mol. The predicted octanol–water partition coefficient (Wildman–Crippen LogP) is 2.30. The average molecular weight is 120 g/mol. The molecule has 0 aromatic heterocycles. The van der Waals surface area contributed by atoms with E-state index in [-0.39, 0.29) is 6.14 Å². The molecule has 0 radical (unpaired) electrons. The molecule has 0 nitrogen and oxygen atoms in total. The maximum atomic E-state index is 7.43. The van der Waals surface area contributed by atoms with Crippen LogP contribution in [-0.2, 0) is 0 Å². The summed E-state index contributed by atoms with van der Waals surface area (Å²) in [4.78, 5) is 0. The monoisotopic (exact) mass is 120 g/mol. The first kappa shape index (κ1) is 5.56. The van der Waals surface area contributed by atoms with Gasteiger partial charge in [0.15, 0.2) is 0 Å². The van der Waals surface area contributed by atoms with Crippen molar-refractivity contribution in [1.29, 1.82) is 0 Å². The van der Waals surface area contributed by atoms with Crippen molar-refractivity contribution in [3.05, 3.63) is 0 Å². The zero-order valence-corrected chi connectivity index (χ0v) is 6.63. The molecule has 0 rings (SSSR count). The molecule has 0 bridgehead atoms. The minimum Gasteiger partial charge on any atom is -0.0311 e. The lowest BCUT2D eigenvalue weighted by Gasteiger charge is -2.11. The fraction of sp³-hybridized carbons (Fsp3) is 1.00. The summed E-state index contributed by atoms with van der Waals surface area (Å²) in [6, 6.07) is 0. The first-order valence-corrected chi connectivity index (χ1v) is 5.69. The highest BCUT2D eigenvalue weighted by Crippen LogP contribution is 2.49. The van der Waals surface area contributed by atoms with Crippen LogP contribution in [0.15, 0.2) is 0 Å². The summed E-state index contributed by atoms with van der Waals surface area (Å²) in [5, 5.41) is 0. The van der Waals surface area contributed by atoms with Crippen molar-refractivity contribution in [2.24, 2.45) is 0 Å². The SMILES string of the molecule is [2H]C(C)[P+](C)(C)CC. The Morgan fingerprint density at radius 2 is 1.86 bits per heavy atom. The highest BCUT2D eigenvalue weighted by atomic mass is 31.2. The van der Waals surface area contributed by atoms with Gasteiger partial charge in [-0.05, 0) is 13.8 Å². The Kier molecular flexibility index (Phi) is 2.12. The molecule has 1 unspecified atom stereocenters. The molecule has 0 N–H and O–H groups in total. The van der Waals surface area contributed by atoms with Crippen LogP contribution in [0.1, 0.15) is 15.2 Å². The van der Waals surface area contributed by atoms with Crippen LogP contribution in [0.5, 0.6) is 0 Å². The topological polar surface area (TPSA) is 0 Å². The summed E-state index contributed by atoms with van der Waals surface area (Å²) < 4.78 is 7.43. The molecule has 1 heteroatoms. The summed E-state index contributed by atoms with van der Waals surface area (Å²) >= 11 is 0. The highest BCUT2D eigenvalue weighted by Gasteiger charge is 2.17. The van der Waals surface area contributed by atoms with Crippen molar-refractivity contribution in [3.8, 4) is 0 Å². The largest absolute Gasteiger partial charge is 0.0705 e. The van der Waals surface area contributed by atoms with Gasteiger partial charge in [-0.2, -0.15) is 0 Å². The molecule has 0 spiro atoms. The van der Waals surface area contributed by atoms with E-state index in [9.17, 15) is 0 Å². The summed E-state index contributed by atoms with van der Waals surface area (Å²) in [6.07, 6.45) is 1.38. The molecular formula is C6H16P+. The van der Waals surface area contributed by atoms with Gasteiger partial charge in [0.2, 0.25) is 0 Å². The van der Waals surface area contributed by atoms with Crippen LogP contribution in [0.4, 0.5) is 0 Å². The molecule has 0 saturated heterocycles. The third-order valence-corrected chi connectivity index (χ3v) is 4.54. The molecule has 0 amide bonds. The highest BCUT2D eigenvalue weighted by molar-refractivity contribution is 7.74. The van der Waals surface area contributed by atoms with Crippen LogP contribution in [0.3, 0.4) is 0 Å². The standard InChI is InChI=1S/C6H16P/c1-5-7(3,4)6-2/h5-6H2,1-4H3/q+1/i5D. The molecule has 0 aromatic carbocycles. The van der Waals surface area contributed by atoms with Gasteiger partial charge >= 0.3 is 0 Å². The smallest absolute Gasteiger partial charge is 0.0311 e. The maximum Gasteiger partial charge on any atom is 0.0705 e. The predicted molar refractivity (Wildman–Crippen MR) is 39.9 cm³/mol. The maximum absolute atomic E-state index is 7.43. The van der Waals surface area contributed by atoms with Gasteiger partial charge in [0.05, 0.1) is 13.7 Å². The molecule has 0 saturated carbocycles. The lowest BCUT2D eigenvalue weighted by Crippen LogP contribution is -1.92. The van der Waals surface area contributed by atoms with Gasteiger partial charge in [0.1, 0.15) is 0 Å². The average Bonchev–Trinajstić information content (AvgIpc) is 1.67. The van der Waals surface area contributed by atoms with E-state index in [1.807, 2.05) is 6.92 Å². The van der Waals surface area contributed by atoms with Crippen LogP contribution in [0, 0.1) is 0 Å². The zero-order valence-electron chi connectivity index (χ0n) is 6.73. The van der Waals surface area contributed by atoms with E-state index in [0.717, 1.165) is 0 Å². The molecule has 0 fully saturated rings. The number of rotatable bonds is 2. The van der Waals surface area contributed by atoms with Gasteiger partial charge < -0.3 is 0 Å². The second-order valence-electron chi connectivity index (χ2n) is 2.35. The molecule has 7 heavy (non-hydrogen) atoms. The van der Waals surface area contributed by atoms with Gasteiger partial charge in [0, 0.05) is 20.6 Å². The Balaban J connectivity index is 3.71. The lowest BCUT2D eigenvalue weighted by atomic mass is 11.0. The first-order valence-electron chi connectivity index (χ1n) is 3.33. The Labute approximate surface area is 49.1 Å². The Morgan fingerprint density at radius 1 is 1.43 bits per heavy atom. The summed E-state index contributed by atoms with van der Waals surface area (Å²) in [5.74, 6) is 0. The van der Waals surface area contributed by atoms with E-state index in [1.165, 1.54) is 6.16 Å². The molecule has 0 aliphatic rings. The van der Waals surface area contributed by atoms with Gasteiger partial charge in [-0.15, -0.1) is 0 Å². The first-order chi connectivity index (χ1) is 3.50. The van der Waals surface area contributed by atoms with Crippen molar-refractivity contribution >= 4 is 7.26 Å². The van der Waals surface area contributed by atoms with Gasteiger partial charge in [-0.1, -0.05) is 0 Å². The Hall–Kier alpha value is 0.430. The fourth-order valence-corrected chi connectivity index (χ4v) is 0.548. The van der Waals surface area contributed by atoms with Crippen molar-refractivity contribution in [2.45, 2.75) is 13.8 Å². The molecule has 1 atom stereocenters. The summed E-state index contributed by atoms with van der Waals surface area (Å²) in [6.45, 7) is 8.66. The second-order valence-corrected chi connectivity index (χ2v) is 7.06. The van der Waals surface area contributed by atoms with Crippen LogP contribution in [0.25, 0.3) is 0 Å². The minimum atomic E-state index is -0.829. The molecule has 44 valence electrons. The van der Waals surface area contributed by atoms with Crippen LogP contribution < -0.4 is 0 Å². The fourth-order valence-electron chi connectivity index (χ4n) is 0.183. The zero-order chi connectivity index (χ0) is 6.78. The quantitative estimate of drug-likeness (QED) is 0.490. The molecule has 0 aliphatic heterocycles. The Morgan fingerprint density at radius 3 is 1.86 bits per heavy atom. The lowest BCUT2D eigenvalue weighted by molar-refractivity contribution is 1.38. The normalized spacial score (nSPS) is 18.6. The number of hydrogen-bond donors (Lipinski definition) is 0. The Bertz CT molecular complexity index is 68.9. The molecule has 0 aliphatic carbocycles. The summed E-state index contributed by atoms with van der Waals surface area (Å²) in [5.41, 5.74) is 0.